The summed E-state index contributed by atoms with van der Waals surface area (Å²) in [5.41, 5.74) is 7.73. The zero-order valence-electron chi connectivity index (χ0n) is 10.5. The third-order valence-corrected chi connectivity index (χ3v) is 3.06. The van der Waals surface area contributed by atoms with E-state index in [2.05, 4.69) is 15.6 Å². The molecule has 1 aromatic heterocycles. The van der Waals surface area contributed by atoms with Crippen LogP contribution in [0.2, 0.25) is 0 Å². The first-order valence-electron chi connectivity index (χ1n) is 6.40. The molecule has 2 aromatic rings. The van der Waals surface area contributed by atoms with Crippen LogP contribution in [0, 0.1) is 5.92 Å². The van der Waals surface area contributed by atoms with Crippen LogP contribution < -0.4 is 16.4 Å². The number of rotatable bonds is 5. The second kappa shape index (κ2) is 4.79. The predicted molar refractivity (Wildman–Crippen MR) is 72.6 cm³/mol. The Morgan fingerprint density at radius 2 is 2.26 bits per heavy atom. The van der Waals surface area contributed by atoms with Crippen LogP contribution in [0.3, 0.4) is 0 Å². The van der Waals surface area contributed by atoms with Gasteiger partial charge in [0.1, 0.15) is 5.52 Å². The fourth-order valence-electron chi connectivity index (χ4n) is 1.86. The molecule has 1 saturated carbocycles. The number of hydrogen-bond donors (Lipinski definition) is 3. The highest BCUT2D eigenvalue weighted by Gasteiger charge is 2.28. The SMILES string of the molecule is Nc1ccc2nc(NCCNC(=O)C3CC3)oc2c1. The van der Waals surface area contributed by atoms with E-state index < -0.39 is 0 Å². The molecule has 4 N–H and O–H groups in total. The molecule has 6 heteroatoms. The van der Waals surface area contributed by atoms with Gasteiger partial charge in [-0.05, 0) is 25.0 Å². The van der Waals surface area contributed by atoms with E-state index in [1.807, 2.05) is 6.07 Å². The molecule has 1 aliphatic rings. The predicted octanol–water partition coefficient (Wildman–Crippen LogP) is 1.35. The number of nitrogens with two attached hydrogens (primary N) is 1. The molecule has 0 atom stereocenters. The lowest BCUT2D eigenvalue weighted by molar-refractivity contribution is -0.122. The van der Waals surface area contributed by atoms with Gasteiger partial charge in [-0.1, -0.05) is 0 Å². The van der Waals surface area contributed by atoms with Crippen molar-refractivity contribution in [3.8, 4) is 0 Å². The summed E-state index contributed by atoms with van der Waals surface area (Å²) in [7, 11) is 0. The number of carbonyl (C=O) groups excluding carboxylic acids is 1. The fraction of sp³-hybridized carbons (Fsp3) is 0.385. The van der Waals surface area contributed by atoms with Crippen molar-refractivity contribution in [2.24, 2.45) is 5.92 Å². The lowest BCUT2D eigenvalue weighted by Crippen LogP contribution is -2.29. The molecule has 3 rings (SSSR count). The van der Waals surface area contributed by atoms with Crippen LogP contribution in [0.5, 0.6) is 0 Å². The molecule has 1 fully saturated rings. The molecule has 0 aliphatic heterocycles. The largest absolute Gasteiger partial charge is 0.423 e. The second-order valence-electron chi connectivity index (χ2n) is 4.74. The zero-order valence-corrected chi connectivity index (χ0v) is 10.5. The molecular weight excluding hydrogens is 244 g/mol. The van der Waals surface area contributed by atoms with Crippen LogP contribution in [-0.2, 0) is 4.79 Å². The van der Waals surface area contributed by atoms with E-state index in [4.69, 9.17) is 10.2 Å². The van der Waals surface area contributed by atoms with Crippen LogP contribution in [0.1, 0.15) is 12.8 Å². The van der Waals surface area contributed by atoms with E-state index in [1.165, 1.54) is 0 Å². The summed E-state index contributed by atoms with van der Waals surface area (Å²) in [6.07, 6.45) is 2.04. The van der Waals surface area contributed by atoms with Gasteiger partial charge in [0.25, 0.3) is 6.01 Å². The normalized spacial score (nSPS) is 14.5. The number of anilines is 2. The molecule has 0 spiro atoms. The number of aromatic nitrogens is 1. The highest BCUT2D eigenvalue weighted by Crippen LogP contribution is 2.28. The molecule has 0 bridgehead atoms. The van der Waals surface area contributed by atoms with Crippen LogP contribution >= 0.6 is 0 Å². The van der Waals surface area contributed by atoms with Crippen molar-refractivity contribution in [1.82, 2.24) is 10.3 Å². The Bertz CT molecular complexity index is 604. The van der Waals surface area contributed by atoms with Crippen molar-refractivity contribution in [3.05, 3.63) is 18.2 Å². The number of benzene rings is 1. The highest BCUT2D eigenvalue weighted by atomic mass is 16.4. The second-order valence-corrected chi connectivity index (χ2v) is 4.74. The van der Waals surface area contributed by atoms with Crippen molar-refractivity contribution in [3.63, 3.8) is 0 Å². The third-order valence-electron chi connectivity index (χ3n) is 3.06. The number of hydrogen-bond acceptors (Lipinski definition) is 5. The minimum Gasteiger partial charge on any atom is -0.423 e. The number of amides is 1. The van der Waals surface area contributed by atoms with Crippen molar-refractivity contribution >= 4 is 28.7 Å². The molecule has 0 radical (unpaired) electrons. The average Bonchev–Trinajstić information content (AvgIpc) is 3.16. The first kappa shape index (κ1) is 11.8. The minimum atomic E-state index is 0.145. The van der Waals surface area contributed by atoms with Gasteiger partial charge >= 0.3 is 0 Å². The van der Waals surface area contributed by atoms with Gasteiger partial charge in [-0.2, -0.15) is 4.98 Å². The van der Waals surface area contributed by atoms with Gasteiger partial charge in [0.2, 0.25) is 5.91 Å². The monoisotopic (exact) mass is 260 g/mol. The molecule has 0 unspecified atom stereocenters. The van der Waals surface area contributed by atoms with Gasteiger partial charge in [0.05, 0.1) is 0 Å². The molecule has 1 aromatic carbocycles. The maximum atomic E-state index is 11.4. The van der Waals surface area contributed by atoms with E-state index in [0.717, 1.165) is 18.4 Å². The number of carbonyl (C=O) groups is 1. The Hall–Kier alpha value is -2.24. The topological polar surface area (TPSA) is 93.2 Å². The van der Waals surface area contributed by atoms with E-state index >= 15 is 0 Å². The molecule has 100 valence electrons. The van der Waals surface area contributed by atoms with Gasteiger partial charge < -0.3 is 20.8 Å². The highest BCUT2D eigenvalue weighted by molar-refractivity contribution is 5.80. The van der Waals surface area contributed by atoms with Crippen LogP contribution in [-0.4, -0.2) is 24.0 Å². The summed E-state index contributed by atoms with van der Waals surface area (Å²) in [6, 6.07) is 5.78. The van der Waals surface area contributed by atoms with Gasteiger partial charge in [-0.3, -0.25) is 4.79 Å². The third kappa shape index (κ3) is 2.78. The Balaban J connectivity index is 1.52. The maximum absolute atomic E-state index is 11.4. The zero-order chi connectivity index (χ0) is 13.2. The molecule has 1 heterocycles. The Kier molecular flexibility index (Phi) is 2.98. The van der Waals surface area contributed by atoms with Crippen molar-refractivity contribution in [2.45, 2.75) is 12.8 Å². The van der Waals surface area contributed by atoms with Crippen LogP contribution in [0.4, 0.5) is 11.7 Å². The van der Waals surface area contributed by atoms with Gasteiger partial charge in [0.15, 0.2) is 5.58 Å². The standard InChI is InChI=1S/C13H16N4O2/c14-9-3-4-10-11(7-9)19-13(17-10)16-6-5-15-12(18)8-1-2-8/h3-4,7-8H,1-2,5-6,14H2,(H,15,18)(H,16,17). The summed E-state index contributed by atoms with van der Waals surface area (Å²) in [6.45, 7) is 1.15. The first-order chi connectivity index (χ1) is 9.22. The van der Waals surface area contributed by atoms with Gasteiger partial charge in [0, 0.05) is 30.8 Å². The average molecular weight is 260 g/mol. The summed E-state index contributed by atoms with van der Waals surface area (Å²) >= 11 is 0. The maximum Gasteiger partial charge on any atom is 0.295 e. The van der Waals surface area contributed by atoms with E-state index in [-0.39, 0.29) is 11.8 Å². The molecule has 1 aliphatic carbocycles. The summed E-state index contributed by atoms with van der Waals surface area (Å²) in [5, 5.41) is 5.90. The van der Waals surface area contributed by atoms with Gasteiger partial charge in [-0.15, -0.1) is 0 Å². The summed E-state index contributed by atoms with van der Waals surface area (Å²) < 4.78 is 5.50. The number of oxazole rings is 1. The van der Waals surface area contributed by atoms with Crippen molar-refractivity contribution < 1.29 is 9.21 Å². The lowest BCUT2D eigenvalue weighted by atomic mass is 10.3. The first-order valence-corrected chi connectivity index (χ1v) is 6.40. The van der Waals surface area contributed by atoms with Crippen LogP contribution in [0.25, 0.3) is 11.1 Å². The fourth-order valence-corrected chi connectivity index (χ4v) is 1.86. The lowest BCUT2D eigenvalue weighted by Gasteiger charge is -2.03. The number of nitrogens with one attached hydrogen (secondary N) is 2. The summed E-state index contributed by atoms with van der Waals surface area (Å²) in [5.74, 6) is 0.388. The van der Waals surface area contributed by atoms with Crippen molar-refractivity contribution in [1.29, 1.82) is 0 Å². The smallest absolute Gasteiger partial charge is 0.295 e. The van der Waals surface area contributed by atoms with Crippen molar-refractivity contribution in [2.75, 3.05) is 24.1 Å². The number of nitrogen functional groups attached to an aromatic ring is 1. The molecule has 6 nitrogen and oxygen atoms in total. The number of nitrogens with zero attached hydrogens (tertiary/aromatic N) is 1. The van der Waals surface area contributed by atoms with Crippen LogP contribution in [0.15, 0.2) is 22.6 Å². The number of fused-ring (bicyclic) bond motifs is 1. The molecular formula is C13H16N4O2. The summed E-state index contributed by atoms with van der Waals surface area (Å²) in [4.78, 5) is 15.7. The van der Waals surface area contributed by atoms with E-state index in [9.17, 15) is 4.79 Å². The Labute approximate surface area is 110 Å². The Morgan fingerprint density at radius 3 is 3.05 bits per heavy atom. The minimum absolute atomic E-state index is 0.145. The Morgan fingerprint density at radius 1 is 1.42 bits per heavy atom. The van der Waals surface area contributed by atoms with Gasteiger partial charge in [-0.25, -0.2) is 0 Å². The van der Waals surface area contributed by atoms with E-state index in [1.54, 1.807) is 12.1 Å². The molecule has 19 heavy (non-hydrogen) atoms. The molecule has 0 saturated heterocycles. The quantitative estimate of drug-likeness (QED) is 0.557. The molecule has 1 amide bonds. The van der Waals surface area contributed by atoms with E-state index in [0.29, 0.717) is 30.4 Å².